The second-order valence-corrected chi connectivity index (χ2v) is 3.91. The van der Waals surface area contributed by atoms with Gasteiger partial charge in [-0.15, -0.1) is 0 Å². The fourth-order valence-corrected chi connectivity index (χ4v) is 1.52. The van der Waals surface area contributed by atoms with Crippen molar-refractivity contribution in [1.82, 2.24) is 9.97 Å². The van der Waals surface area contributed by atoms with Crippen LogP contribution in [0.3, 0.4) is 0 Å². The summed E-state index contributed by atoms with van der Waals surface area (Å²) in [6.45, 7) is 2.44. The summed E-state index contributed by atoms with van der Waals surface area (Å²) in [5.41, 5.74) is 0. The lowest BCUT2D eigenvalue weighted by atomic mass is 10.4. The van der Waals surface area contributed by atoms with Crippen molar-refractivity contribution in [2.75, 3.05) is 17.7 Å². The van der Waals surface area contributed by atoms with Crippen LogP contribution in [0.25, 0.3) is 0 Å². The van der Waals surface area contributed by atoms with Gasteiger partial charge in [0, 0.05) is 7.05 Å². The summed E-state index contributed by atoms with van der Waals surface area (Å²) in [6, 6.07) is 3.83. The molecule has 0 aromatic carbocycles. The van der Waals surface area contributed by atoms with Crippen molar-refractivity contribution in [3.63, 3.8) is 0 Å². The predicted octanol–water partition coefficient (Wildman–Crippen LogP) is 2.69. The van der Waals surface area contributed by atoms with Gasteiger partial charge in [-0.05, 0) is 19.1 Å². The molecule has 6 heteroatoms. The van der Waals surface area contributed by atoms with E-state index in [-0.39, 0.29) is 0 Å². The van der Waals surface area contributed by atoms with Crippen molar-refractivity contribution in [2.45, 2.75) is 13.5 Å². The molecule has 0 bridgehead atoms. The zero-order chi connectivity index (χ0) is 12.3. The van der Waals surface area contributed by atoms with Crippen LogP contribution in [0, 0.1) is 6.92 Å². The zero-order valence-corrected chi connectivity index (χ0v) is 10.4. The first-order valence-corrected chi connectivity index (χ1v) is 5.56. The van der Waals surface area contributed by atoms with E-state index >= 15 is 0 Å². The summed E-state index contributed by atoms with van der Waals surface area (Å²) >= 11 is 5.98. The van der Waals surface area contributed by atoms with Gasteiger partial charge in [0.05, 0.1) is 12.7 Å². The summed E-state index contributed by atoms with van der Waals surface area (Å²) < 4.78 is 5.44. The molecule has 5 nitrogen and oxygen atoms in total. The molecule has 2 rings (SSSR count). The van der Waals surface area contributed by atoms with Crippen LogP contribution in [0.15, 0.2) is 22.7 Å². The van der Waals surface area contributed by atoms with Gasteiger partial charge in [0.15, 0.2) is 5.82 Å². The van der Waals surface area contributed by atoms with Crippen LogP contribution in [-0.4, -0.2) is 17.0 Å². The fraction of sp³-hybridized carbons (Fsp3) is 0.273. The lowest BCUT2D eigenvalue weighted by Crippen LogP contribution is -2.04. The summed E-state index contributed by atoms with van der Waals surface area (Å²) in [5.74, 6) is 2.82. The summed E-state index contributed by atoms with van der Waals surface area (Å²) in [4.78, 5) is 8.20. The van der Waals surface area contributed by atoms with Gasteiger partial charge < -0.3 is 15.1 Å². The molecule has 0 unspecified atom stereocenters. The molecule has 0 amide bonds. The van der Waals surface area contributed by atoms with E-state index in [1.807, 2.05) is 19.1 Å². The Kier molecular flexibility index (Phi) is 3.49. The average molecular weight is 253 g/mol. The van der Waals surface area contributed by atoms with Crippen LogP contribution in [0.1, 0.15) is 11.5 Å². The second-order valence-electron chi connectivity index (χ2n) is 3.51. The quantitative estimate of drug-likeness (QED) is 0.876. The summed E-state index contributed by atoms with van der Waals surface area (Å²) in [6.07, 6.45) is 1.55. The topological polar surface area (TPSA) is 63.0 Å². The molecule has 2 aromatic heterocycles. The first-order chi connectivity index (χ1) is 8.19. The Morgan fingerprint density at radius 2 is 2.24 bits per heavy atom. The number of nitrogens with zero attached hydrogens (tertiary/aromatic N) is 2. The third kappa shape index (κ3) is 2.88. The molecule has 0 fully saturated rings. The zero-order valence-electron chi connectivity index (χ0n) is 9.62. The number of nitrogens with one attached hydrogen (secondary N) is 2. The van der Waals surface area contributed by atoms with Crippen molar-refractivity contribution >= 4 is 23.4 Å². The molecule has 0 aliphatic rings. The van der Waals surface area contributed by atoms with Crippen LogP contribution in [-0.2, 0) is 6.54 Å². The van der Waals surface area contributed by atoms with Crippen molar-refractivity contribution in [3.8, 4) is 0 Å². The number of furan rings is 1. The van der Waals surface area contributed by atoms with Gasteiger partial charge in [0.2, 0.25) is 5.95 Å². The van der Waals surface area contributed by atoms with Crippen LogP contribution in [0.2, 0.25) is 5.02 Å². The van der Waals surface area contributed by atoms with Crippen LogP contribution >= 0.6 is 11.6 Å². The van der Waals surface area contributed by atoms with E-state index in [0.717, 1.165) is 11.5 Å². The number of rotatable bonds is 4. The molecule has 0 aliphatic carbocycles. The Balaban J connectivity index is 2.07. The summed E-state index contributed by atoms with van der Waals surface area (Å²) in [5, 5.41) is 6.43. The van der Waals surface area contributed by atoms with Gasteiger partial charge in [-0.25, -0.2) is 4.98 Å². The van der Waals surface area contributed by atoms with E-state index < -0.39 is 0 Å². The molecule has 2 heterocycles. The predicted molar refractivity (Wildman–Crippen MR) is 67.4 cm³/mol. The minimum atomic E-state index is 0.479. The molecule has 0 spiro atoms. The maximum atomic E-state index is 5.98. The van der Waals surface area contributed by atoms with Crippen LogP contribution in [0.5, 0.6) is 0 Å². The van der Waals surface area contributed by atoms with E-state index in [1.54, 1.807) is 13.2 Å². The maximum absolute atomic E-state index is 5.98. The molecule has 0 atom stereocenters. The highest BCUT2D eigenvalue weighted by Crippen LogP contribution is 2.20. The molecule has 2 N–H and O–H groups in total. The largest absolute Gasteiger partial charge is 0.465 e. The van der Waals surface area contributed by atoms with Crippen molar-refractivity contribution in [1.29, 1.82) is 0 Å². The molecular formula is C11H13ClN4O. The lowest BCUT2D eigenvalue weighted by molar-refractivity contribution is 0.490. The maximum Gasteiger partial charge on any atom is 0.224 e. The van der Waals surface area contributed by atoms with E-state index in [9.17, 15) is 0 Å². The Morgan fingerprint density at radius 3 is 2.88 bits per heavy atom. The lowest BCUT2D eigenvalue weighted by Gasteiger charge is -2.07. The SMILES string of the molecule is CNc1ncc(Cl)c(NCc2ccc(C)o2)n1. The first-order valence-electron chi connectivity index (χ1n) is 5.18. The van der Waals surface area contributed by atoms with Crippen molar-refractivity contribution in [3.05, 3.63) is 34.9 Å². The number of halogens is 1. The Labute approximate surface area is 104 Å². The normalized spacial score (nSPS) is 10.3. The fourth-order valence-electron chi connectivity index (χ4n) is 1.36. The van der Waals surface area contributed by atoms with Crippen LogP contribution in [0.4, 0.5) is 11.8 Å². The monoisotopic (exact) mass is 252 g/mol. The van der Waals surface area contributed by atoms with Gasteiger partial charge >= 0.3 is 0 Å². The number of aryl methyl sites for hydroxylation is 1. The number of aromatic nitrogens is 2. The number of hydrogen-bond acceptors (Lipinski definition) is 5. The molecule has 0 aliphatic heterocycles. The third-order valence-electron chi connectivity index (χ3n) is 2.19. The molecule has 0 radical (unpaired) electrons. The van der Waals surface area contributed by atoms with Gasteiger partial charge in [-0.2, -0.15) is 4.98 Å². The van der Waals surface area contributed by atoms with Gasteiger partial charge in [-0.1, -0.05) is 11.6 Å². The minimum absolute atomic E-state index is 0.479. The minimum Gasteiger partial charge on any atom is -0.465 e. The van der Waals surface area contributed by atoms with Gasteiger partial charge in [0.25, 0.3) is 0 Å². The Hall–Kier alpha value is -1.75. The van der Waals surface area contributed by atoms with E-state index in [2.05, 4.69) is 20.6 Å². The molecule has 90 valence electrons. The molecule has 2 aromatic rings. The van der Waals surface area contributed by atoms with Crippen molar-refractivity contribution < 1.29 is 4.42 Å². The highest BCUT2D eigenvalue weighted by molar-refractivity contribution is 6.32. The Morgan fingerprint density at radius 1 is 1.41 bits per heavy atom. The first kappa shape index (κ1) is 11.7. The van der Waals surface area contributed by atoms with Crippen molar-refractivity contribution in [2.24, 2.45) is 0 Å². The van der Waals surface area contributed by atoms with E-state index in [4.69, 9.17) is 16.0 Å². The van der Waals surface area contributed by atoms with E-state index in [0.29, 0.717) is 23.3 Å². The van der Waals surface area contributed by atoms with Gasteiger partial charge in [-0.3, -0.25) is 0 Å². The van der Waals surface area contributed by atoms with Crippen LogP contribution < -0.4 is 10.6 Å². The van der Waals surface area contributed by atoms with E-state index in [1.165, 1.54) is 0 Å². The molecule has 0 saturated heterocycles. The number of anilines is 2. The molecule has 17 heavy (non-hydrogen) atoms. The standard InChI is InChI=1S/C11H13ClN4O/c1-7-3-4-8(17-7)5-14-10-9(12)6-15-11(13-2)16-10/h3-4,6H,5H2,1-2H3,(H2,13,14,15,16). The Bertz CT molecular complexity index is 512. The number of hydrogen-bond donors (Lipinski definition) is 2. The highest BCUT2D eigenvalue weighted by Gasteiger charge is 2.05. The molecule has 0 saturated carbocycles. The molecular weight excluding hydrogens is 240 g/mol. The highest BCUT2D eigenvalue weighted by atomic mass is 35.5. The van der Waals surface area contributed by atoms with Gasteiger partial charge in [0.1, 0.15) is 16.5 Å². The third-order valence-corrected chi connectivity index (χ3v) is 2.47. The smallest absolute Gasteiger partial charge is 0.224 e. The summed E-state index contributed by atoms with van der Waals surface area (Å²) in [7, 11) is 1.75. The second kappa shape index (κ2) is 5.05. The average Bonchev–Trinajstić information content (AvgIpc) is 2.74.